The zero-order valence-electron chi connectivity index (χ0n) is 10.3. The number of amides is 2. The summed E-state index contributed by atoms with van der Waals surface area (Å²) < 4.78 is 6.05. The molecule has 2 aromatic rings. The number of rotatable bonds is 3. The van der Waals surface area contributed by atoms with E-state index in [9.17, 15) is 4.79 Å². The molecule has 0 unspecified atom stereocenters. The number of ether oxygens (including phenoxy) is 1. The Labute approximate surface area is 119 Å². The molecule has 0 saturated heterocycles. The largest absolute Gasteiger partial charge is 0.495 e. The van der Waals surface area contributed by atoms with Crippen LogP contribution in [0.2, 0.25) is 0 Å². The van der Waals surface area contributed by atoms with Crippen LogP contribution in [0, 0.1) is 0 Å². The first-order valence-electron chi connectivity index (χ1n) is 5.65. The summed E-state index contributed by atoms with van der Waals surface area (Å²) in [5, 5.41) is 5.49. The molecule has 0 radical (unpaired) electrons. The quantitative estimate of drug-likeness (QED) is 0.894. The zero-order valence-corrected chi connectivity index (χ0v) is 11.9. The van der Waals surface area contributed by atoms with Crippen molar-refractivity contribution < 1.29 is 9.53 Å². The molecule has 0 atom stereocenters. The third-order valence-electron chi connectivity index (χ3n) is 2.44. The normalized spacial score (nSPS) is 9.79. The van der Waals surface area contributed by atoms with E-state index in [4.69, 9.17) is 4.74 Å². The van der Waals surface area contributed by atoms with E-state index >= 15 is 0 Å². The SMILES string of the molecule is COc1ccc(Br)cc1NC(=O)Nc1ccccc1. The predicted octanol–water partition coefficient (Wildman–Crippen LogP) is 4.10. The summed E-state index contributed by atoms with van der Waals surface area (Å²) in [6.45, 7) is 0. The Bertz CT molecular complexity index is 573. The third-order valence-corrected chi connectivity index (χ3v) is 2.93. The van der Waals surface area contributed by atoms with E-state index in [1.54, 1.807) is 19.2 Å². The summed E-state index contributed by atoms with van der Waals surface area (Å²) in [6.07, 6.45) is 0. The molecule has 0 saturated carbocycles. The highest BCUT2D eigenvalue weighted by Crippen LogP contribution is 2.27. The van der Waals surface area contributed by atoms with Crippen molar-refractivity contribution in [3.63, 3.8) is 0 Å². The lowest BCUT2D eigenvalue weighted by Gasteiger charge is -2.11. The summed E-state index contributed by atoms with van der Waals surface area (Å²) in [4.78, 5) is 11.9. The molecule has 98 valence electrons. The van der Waals surface area contributed by atoms with Crippen LogP contribution >= 0.6 is 15.9 Å². The molecule has 0 aliphatic heterocycles. The maximum absolute atomic E-state index is 11.9. The van der Waals surface area contributed by atoms with Gasteiger partial charge in [-0.05, 0) is 30.3 Å². The first kappa shape index (κ1) is 13.4. The number of benzene rings is 2. The zero-order chi connectivity index (χ0) is 13.7. The molecule has 0 heterocycles. The predicted molar refractivity (Wildman–Crippen MR) is 79.8 cm³/mol. The number of urea groups is 1. The first-order valence-corrected chi connectivity index (χ1v) is 6.45. The van der Waals surface area contributed by atoms with Gasteiger partial charge in [0.15, 0.2) is 0 Å². The van der Waals surface area contributed by atoms with Gasteiger partial charge in [-0.2, -0.15) is 0 Å². The fourth-order valence-electron chi connectivity index (χ4n) is 1.58. The Balaban J connectivity index is 2.09. The van der Waals surface area contributed by atoms with E-state index in [0.29, 0.717) is 11.4 Å². The second kappa shape index (κ2) is 6.24. The standard InChI is InChI=1S/C14H13BrN2O2/c1-19-13-8-7-10(15)9-12(13)17-14(18)16-11-5-3-2-4-6-11/h2-9H,1H3,(H2,16,17,18). The molecule has 19 heavy (non-hydrogen) atoms. The van der Waals surface area contributed by atoms with Gasteiger partial charge in [-0.1, -0.05) is 34.1 Å². The number of nitrogens with one attached hydrogen (secondary N) is 2. The van der Waals surface area contributed by atoms with Crippen LogP contribution in [-0.2, 0) is 0 Å². The van der Waals surface area contributed by atoms with E-state index in [1.807, 2.05) is 36.4 Å². The van der Waals surface area contributed by atoms with E-state index in [-0.39, 0.29) is 6.03 Å². The van der Waals surface area contributed by atoms with E-state index in [1.165, 1.54) is 0 Å². The number of anilines is 2. The van der Waals surface area contributed by atoms with Gasteiger partial charge in [0, 0.05) is 10.2 Å². The number of methoxy groups -OCH3 is 1. The summed E-state index contributed by atoms with van der Waals surface area (Å²) in [5.74, 6) is 0.603. The highest BCUT2D eigenvalue weighted by atomic mass is 79.9. The molecule has 0 bridgehead atoms. The average Bonchev–Trinajstić information content (AvgIpc) is 2.40. The van der Waals surface area contributed by atoms with Crippen LogP contribution in [0.5, 0.6) is 5.75 Å². The molecule has 4 nitrogen and oxygen atoms in total. The summed E-state index contributed by atoms with van der Waals surface area (Å²) in [7, 11) is 1.56. The molecular weight excluding hydrogens is 308 g/mol. The highest BCUT2D eigenvalue weighted by molar-refractivity contribution is 9.10. The van der Waals surface area contributed by atoms with E-state index in [2.05, 4.69) is 26.6 Å². The summed E-state index contributed by atoms with van der Waals surface area (Å²) in [6, 6.07) is 14.3. The van der Waals surface area contributed by atoms with Gasteiger partial charge in [-0.15, -0.1) is 0 Å². The fraction of sp³-hybridized carbons (Fsp3) is 0.0714. The maximum atomic E-state index is 11.9. The monoisotopic (exact) mass is 320 g/mol. The minimum atomic E-state index is -0.317. The molecule has 2 rings (SSSR count). The van der Waals surface area contributed by atoms with Crippen LogP contribution < -0.4 is 15.4 Å². The van der Waals surface area contributed by atoms with Crippen molar-refractivity contribution in [2.24, 2.45) is 0 Å². The van der Waals surface area contributed by atoms with Gasteiger partial charge in [0.1, 0.15) is 5.75 Å². The fourth-order valence-corrected chi connectivity index (χ4v) is 1.95. The van der Waals surface area contributed by atoms with Gasteiger partial charge in [-0.3, -0.25) is 0 Å². The minimum absolute atomic E-state index is 0.317. The topological polar surface area (TPSA) is 50.4 Å². The van der Waals surface area contributed by atoms with Crippen molar-refractivity contribution in [1.29, 1.82) is 0 Å². The Morgan fingerprint density at radius 1 is 1.11 bits per heavy atom. The van der Waals surface area contributed by atoms with E-state index in [0.717, 1.165) is 10.2 Å². The van der Waals surface area contributed by atoms with Crippen molar-refractivity contribution in [1.82, 2.24) is 0 Å². The summed E-state index contributed by atoms with van der Waals surface area (Å²) >= 11 is 3.35. The lowest BCUT2D eigenvalue weighted by atomic mass is 10.3. The average molecular weight is 321 g/mol. The number of hydrogen-bond acceptors (Lipinski definition) is 2. The smallest absolute Gasteiger partial charge is 0.323 e. The Hall–Kier alpha value is -2.01. The molecule has 0 fully saturated rings. The lowest BCUT2D eigenvalue weighted by molar-refractivity contribution is 0.262. The van der Waals surface area contributed by atoms with Crippen molar-refractivity contribution in [3.05, 3.63) is 53.0 Å². The molecule has 2 amide bonds. The van der Waals surface area contributed by atoms with Crippen LogP contribution in [0.3, 0.4) is 0 Å². The Kier molecular flexibility index (Phi) is 4.41. The van der Waals surface area contributed by atoms with Crippen LogP contribution in [-0.4, -0.2) is 13.1 Å². The van der Waals surface area contributed by atoms with Crippen molar-refractivity contribution in [2.75, 3.05) is 17.7 Å². The molecule has 0 aliphatic carbocycles. The molecule has 0 aromatic heterocycles. The van der Waals surface area contributed by atoms with E-state index < -0.39 is 0 Å². The number of para-hydroxylation sites is 1. The Morgan fingerprint density at radius 3 is 2.53 bits per heavy atom. The van der Waals surface area contributed by atoms with Crippen LogP contribution in [0.15, 0.2) is 53.0 Å². The number of carbonyl (C=O) groups is 1. The second-order valence-corrected chi connectivity index (χ2v) is 4.71. The second-order valence-electron chi connectivity index (χ2n) is 3.79. The lowest BCUT2D eigenvalue weighted by Crippen LogP contribution is -2.19. The maximum Gasteiger partial charge on any atom is 0.323 e. The molecule has 2 N–H and O–H groups in total. The molecule has 2 aromatic carbocycles. The molecular formula is C14H13BrN2O2. The number of carbonyl (C=O) groups excluding carboxylic acids is 1. The van der Waals surface area contributed by atoms with Crippen LogP contribution in [0.1, 0.15) is 0 Å². The van der Waals surface area contributed by atoms with Gasteiger partial charge in [0.25, 0.3) is 0 Å². The van der Waals surface area contributed by atoms with Crippen LogP contribution in [0.25, 0.3) is 0 Å². The highest BCUT2D eigenvalue weighted by Gasteiger charge is 2.08. The molecule has 0 spiro atoms. The van der Waals surface area contributed by atoms with Crippen molar-refractivity contribution >= 4 is 33.3 Å². The van der Waals surface area contributed by atoms with Gasteiger partial charge in [0.2, 0.25) is 0 Å². The van der Waals surface area contributed by atoms with Gasteiger partial charge in [0.05, 0.1) is 12.8 Å². The minimum Gasteiger partial charge on any atom is -0.495 e. The van der Waals surface area contributed by atoms with Crippen molar-refractivity contribution in [2.45, 2.75) is 0 Å². The number of hydrogen-bond donors (Lipinski definition) is 2. The van der Waals surface area contributed by atoms with Gasteiger partial charge in [-0.25, -0.2) is 4.79 Å². The van der Waals surface area contributed by atoms with Gasteiger partial charge < -0.3 is 15.4 Å². The molecule has 0 aliphatic rings. The molecule has 5 heteroatoms. The third kappa shape index (κ3) is 3.72. The van der Waals surface area contributed by atoms with Crippen LogP contribution in [0.4, 0.5) is 16.2 Å². The number of halogens is 1. The van der Waals surface area contributed by atoms with Gasteiger partial charge >= 0.3 is 6.03 Å². The van der Waals surface area contributed by atoms with Crippen molar-refractivity contribution in [3.8, 4) is 5.75 Å². The Morgan fingerprint density at radius 2 is 1.84 bits per heavy atom. The first-order chi connectivity index (χ1) is 9.19. The summed E-state index contributed by atoms with van der Waals surface area (Å²) in [5.41, 5.74) is 1.33.